The molecule has 6 nitrogen and oxygen atoms in total. The first-order chi connectivity index (χ1) is 12.8. The normalized spacial score (nSPS) is 11.2. The number of carbonyl (C=O) groups is 1. The molecule has 8 heteroatoms. The van der Waals surface area contributed by atoms with Crippen LogP contribution in [-0.4, -0.2) is 14.3 Å². The van der Waals surface area contributed by atoms with Crippen molar-refractivity contribution in [1.29, 1.82) is 0 Å². The van der Waals surface area contributed by atoms with E-state index in [1.165, 1.54) is 36.6 Å². The Balaban J connectivity index is 1.78. The molecule has 0 aliphatic carbocycles. The summed E-state index contributed by atoms with van der Waals surface area (Å²) in [6.45, 7) is 2.00. The van der Waals surface area contributed by atoms with Crippen LogP contribution < -0.4 is 10.0 Å². The lowest BCUT2D eigenvalue weighted by molar-refractivity contribution is 0.0948. The molecule has 1 heterocycles. The van der Waals surface area contributed by atoms with E-state index >= 15 is 0 Å². The van der Waals surface area contributed by atoms with E-state index in [4.69, 9.17) is 16.0 Å². The van der Waals surface area contributed by atoms with E-state index in [9.17, 15) is 13.2 Å². The maximum absolute atomic E-state index is 12.6. The molecule has 0 unspecified atom stereocenters. The molecule has 0 saturated heterocycles. The minimum atomic E-state index is -3.80. The number of halogens is 1. The smallest absolute Gasteiger partial charge is 0.261 e. The number of carbonyl (C=O) groups excluding carboxylic acids is 1. The summed E-state index contributed by atoms with van der Waals surface area (Å²) in [5, 5.41) is 3.17. The number of hydrogen-bond acceptors (Lipinski definition) is 4. The maximum Gasteiger partial charge on any atom is 0.261 e. The van der Waals surface area contributed by atoms with Crippen LogP contribution in [0.25, 0.3) is 0 Å². The highest BCUT2D eigenvalue weighted by Crippen LogP contribution is 2.22. The Morgan fingerprint density at radius 3 is 2.52 bits per heavy atom. The highest BCUT2D eigenvalue weighted by molar-refractivity contribution is 7.92. The van der Waals surface area contributed by atoms with Crippen molar-refractivity contribution in [1.82, 2.24) is 5.32 Å². The molecule has 2 N–H and O–H groups in total. The van der Waals surface area contributed by atoms with Crippen molar-refractivity contribution in [2.45, 2.75) is 18.4 Å². The van der Waals surface area contributed by atoms with Gasteiger partial charge in [-0.3, -0.25) is 9.52 Å². The topological polar surface area (TPSA) is 88.4 Å². The number of aryl methyl sites for hydroxylation is 1. The molecule has 0 radical (unpaired) electrons. The predicted molar refractivity (Wildman–Crippen MR) is 103 cm³/mol. The van der Waals surface area contributed by atoms with Crippen molar-refractivity contribution in [3.05, 3.63) is 82.8 Å². The van der Waals surface area contributed by atoms with E-state index in [2.05, 4.69) is 10.0 Å². The summed E-state index contributed by atoms with van der Waals surface area (Å²) in [6.07, 6.45) is 1.52. The van der Waals surface area contributed by atoms with E-state index < -0.39 is 10.0 Å². The quantitative estimate of drug-likeness (QED) is 0.650. The van der Waals surface area contributed by atoms with Crippen LogP contribution in [0.5, 0.6) is 0 Å². The largest absolute Gasteiger partial charge is 0.467 e. The molecule has 0 spiro atoms. The first-order valence-electron chi connectivity index (χ1n) is 8.05. The number of hydrogen-bond donors (Lipinski definition) is 2. The first kappa shape index (κ1) is 19.0. The molecule has 0 bridgehead atoms. The van der Waals surface area contributed by atoms with Crippen molar-refractivity contribution in [2.24, 2.45) is 0 Å². The molecule has 27 heavy (non-hydrogen) atoms. The number of rotatable bonds is 6. The Morgan fingerprint density at radius 2 is 1.85 bits per heavy atom. The fourth-order valence-corrected chi connectivity index (χ4v) is 3.62. The fourth-order valence-electron chi connectivity index (χ4n) is 2.37. The van der Waals surface area contributed by atoms with Gasteiger partial charge in [0.2, 0.25) is 0 Å². The second-order valence-electron chi connectivity index (χ2n) is 5.85. The lowest BCUT2D eigenvalue weighted by atomic mass is 10.1. The summed E-state index contributed by atoms with van der Waals surface area (Å²) in [5.41, 5.74) is 1.35. The van der Waals surface area contributed by atoms with Gasteiger partial charge in [0.05, 0.1) is 23.4 Å². The van der Waals surface area contributed by atoms with Gasteiger partial charge in [-0.05, 0) is 61.0 Å². The summed E-state index contributed by atoms with van der Waals surface area (Å²) in [7, 11) is -3.80. The Kier molecular flexibility index (Phi) is 5.53. The number of furan rings is 1. The van der Waals surface area contributed by atoms with Crippen LogP contribution >= 0.6 is 11.6 Å². The highest BCUT2D eigenvalue weighted by Gasteiger charge is 2.16. The summed E-state index contributed by atoms with van der Waals surface area (Å²) in [5.74, 6) is 0.289. The van der Waals surface area contributed by atoms with Crippen LogP contribution in [0.4, 0.5) is 5.69 Å². The minimum Gasteiger partial charge on any atom is -0.467 e. The van der Waals surface area contributed by atoms with E-state index in [1.807, 2.05) is 0 Å². The second kappa shape index (κ2) is 7.85. The molecule has 0 aliphatic rings. The molecular weight excluding hydrogens is 388 g/mol. The maximum atomic E-state index is 12.6. The number of nitrogens with one attached hydrogen (secondary N) is 2. The van der Waals surface area contributed by atoms with Crippen molar-refractivity contribution in [3.8, 4) is 0 Å². The summed E-state index contributed by atoms with van der Waals surface area (Å²) in [4.78, 5) is 12.4. The monoisotopic (exact) mass is 404 g/mol. The Morgan fingerprint density at radius 1 is 1.11 bits per heavy atom. The van der Waals surface area contributed by atoms with Crippen molar-refractivity contribution in [3.63, 3.8) is 0 Å². The van der Waals surface area contributed by atoms with Crippen LogP contribution in [0, 0.1) is 6.92 Å². The van der Waals surface area contributed by atoms with Gasteiger partial charge in [0.1, 0.15) is 5.76 Å². The predicted octanol–water partition coefficient (Wildman–Crippen LogP) is 3.97. The molecule has 1 aromatic heterocycles. The number of benzene rings is 2. The Labute approximate surface area is 162 Å². The molecule has 2 aromatic carbocycles. The van der Waals surface area contributed by atoms with Crippen LogP contribution in [-0.2, 0) is 16.6 Å². The van der Waals surface area contributed by atoms with Crippen LogP contribution in [0.1, 0.15) is 21.7 Å². The highest BCUT2D eigenvalue weighted by atomic mass is 35.5. The molecule has 140 valence electrons. The fraction of sp³-hybridized carbons (Fsp3) is 0.105. The SMILES string of the molecule is Cc1ccc(C(=O)NCc2ccco2)cc1NS(=O)(=O)c1ccc(Cl)cc1. The van der Waals surface area contributed by atoms with Crippen molar-refractivity contribution in [2.75, 3.05) is 4.72 Å². The van der Waals surface area contributed by atoms with Gasteiger partial charge in [0.15, 0.2) is 0 Å². The molecule has 0 fully saturated rings. The van der Waals surface area contributed by atoms with Gasteiger partial charge in [-0.1, -0.05) is 17.7 Å². The zero-order chi connectivity index (χ0) is 19.4. The average Bonchev–Trinajstić information content (AvgIpc) is 3.15. The molecule has 0 atom stereocenters. The van der Waals surface area contributed by atoms with Gasteiger partial charge in [0, 0.05) is 10.6 Å². The standard InChI is InChI=1S/C19H17ClN2O4S/c1-13-4-5-14(19(23)21-12-16-3-2-10-26-16)11-18(13)22-27(24,25)17-8-6-15(20)7-9-17/h2-11,22H,12H2,1H3,(H,21,23). The van der Waals surface area contributed by atoms with Crippen molar-refractivity contribution < 1.29 is 17.6 Å². The zero-order valence-electron chi connectivity index (χ0n) is 14.4. The van der Waals surface area contributed by atoms with Crippen LogP contribution in [0.2, 0.25) is 5.02 Å². The van der Waals surface area contributed by atoms with Gasteiger partial charge in [-0.25, -0.2) is 8.42 Å². The third-order valence-corrected chi connectivity index (χ3v) is 5.50. The van der Waals surface area contributed by atoms with Gasteiger partial charge in [-0.15, -0.1) is 0 Å². The Hall–Kier alpha value is -2.77. The lowest BCUT2D eigenvalue weighted by Gasteiger charge is -2.12. The number of amides is 1. The third-order valence-electron chi connectivity index (χ3n) is 3.87. The average molecular weight is 405 g/mol. The number of sulfonamides is 1. The first-order valence-corrected chi connectivity index (χ1v) is 9.91. The van der Waals surface area contributed by atoms with E-state index in [0.29, 0.717) is 27.6 Å². The lowest BCUT2D eigenvalue weighted by Crippen LogP contribution is -2.23. The van der Waals surface area contributed by atoms with E-state index in [0.717, 1.165) is 0 Å². The Bertz CT molecular complexity index is 1050. The summed E-state index contributed by atoms with van der Waals surface area (Å²) < 4.78 is 32.8. The van der Waals surface area contributed by atoms with Crippen LogP contribution in [0.3, 0.4) is 0 Å². The van der Waals surface area contributed by atoms with Gasteiger partial charge in [0.25, 0.3) is 15.9 Å². The van der Waals surface area contributed by atoms with Crippen LogP contribution in [0.15, 0.2) is 70.2 Å². The second-order valence-corrected chi connectivity index (χ2v) is 7.97. The molecule has 3 rings (SSSR count). The zero-order valence-corrected chi connectivity index (χ0v) is 16.0. The molecule has 3 aromatic rings. The minimum absolute atomic E-state index is 0.0824. The molecule has 0 saturated carbocycles. The third kappa shape index (κ3) is 4.69. The number of anilines is 1. The van der Waals surface area contributed by atoms with Gasteiger partial charge >= 0.3 is 0 Å². The molecule has 0 aliphatic heterocycles. The molecule has 1 amide bonds. The van der Waals surface area contributed by atoms with Gasteiger partial charge < -0.3 is 9.73 Å². The summed E-state index contributed by atoms with van der Waals surface area (Å²) in [6, 6.07) is 14.1. The van der Waals surface area contributed by atoms with Crippen molar-refractivity contribution >= 4 is 33.2 Å². The van der Waals surface area contributed by atoms with Gasteiger partial charge in [-0.2, -0.15) is 0 Å². The van der Waals surface area contributed by atoms with E-state index in [1.54, 1.807) is 31.2 Å². The summed E-state index contributed by atoms with van der Waals surface area (Å²) >= 11 is 5.80. The molecular formula is C19H17ClN2O4S. The van der Waals surface area contributed by atoms with E-state index in [-0.39, 0.29) is 17.3 Å².